The number of rotatable bonds is 5. The van der Waals surface area contributed by atoms with Crippen LogP contribution in [0.15, 0.2) is 0 Å². The van der Waals surface area contributed by atoms with Gasteiger partial charge in [-0.05, 0) is 6.42 Å². The maximum atomic E-state index is 10.1. The van der Waals surface area contributed by atoms with Crippen LogP contribution in [0.25, 0.3) is 0 Å². The van der Waals surface area contributed by atoms with Gasteiger partial charge in [0, 0.05) is 12.5 Å². The lowest BCUT2D eigenvalue weighted by Crippen LogP contribution is -2.26. The molecule has 4 nitrogen and oxygen atoms in total. The first-order valence-electron chi connectivity index (χ1n) is 3.11. The van der Waals surface area contributed by atoms with Gasteiger partial charge in [-0.2, -0.15) is 0 Å². The Morgan fingerprint density at radius 1 is 1.40 bits per heavy atom. The predicted octanol–water partition coefficient (Wildman–Crippen LogP) is -1.46. The molecule has 0 amide bonds. The molecule has 0 aromatic carbocycles. The number of carbonyl (C=O) groups is 1. The Labute approximate surface area is 59.1 Å². The van der Waals surface area contributed by atoms with Gasteiger partial charge in [-0.25, -0.2) is 0 Å². The van der Waals surface area contributed by atoms with Crippen molar-refractivity contribution >= 4 is 6.29 Å². The summed E-state index contributed by atoms with van der Waals surface area (Å²) in [6.07, 6.45) is -0.299. The molecule has 0 aromatic rings. The highest BCUT2D eigenvalue weighted by Gasteiger charge is 2.16. The molecule has 60 valence electrons. The van der Waals surface area contributed by atoms with Crippen LogP contribution in [0.4, 0.5) is 0 Å². The summed E-state index contributed by atoms with van der Waals surface area (Å²) in [5, 5.41) is 25.6. The minimum absolute atomic E-state index is 0.152. The first kappa shape index (κ1) is 9.55. The second-order valence-corrected chi connectivity index (χ2v) is 2.06. The van der Waals surface area contributed by atoms with Crippen molar-refractivity contribution < 1.29 is 20.1 Å². The zero-order valence-corrected chi connectivity index (χ0v) is 5.60. The smallest absolute Gasteiger partial charge is 0.125 e. The van der Waals surface area contributed by atoms with Crippen LogP contribution >= 0.6 is 0 Å². The molecule has 0 aliphatic rings. The number of hydrogen-bond acceptors (Lipinski definition) is 4. The van der Waals surface area contributed by atoms with E-state index < -0.39 is 18.6 Å². The van der Waals surface area contributed by atoms with E-state index in [-0.39, 0.29) is 13.0 Å². The monoisotopic (exact) mass is 148 g/mol. The van der Waals surface area contributed by atoms with E-state index in [9.17, 15) is 4.79 Å². The summed E-state index contributed by atoms with van der Waals surface area (Å²) >= 11 is 0. The van der Waals surface area contributed by atoms with Gasteiger partial charge >= 0.3 is 0 Å². The van der Waals surface area contributed by atoms with Crippen molar-refractivity contribution in [2.75, 3.05) is 13.2 Å². The molecule has 10 heavy (non-hydrogen) atoms. The van der Waals surface area contributed by atoms with Crippen LogP contribution in [-0.4, -0.2) is 40.9 Å². The largest absolute Gasteiger partial charge is 0.396 e. The van der Waals surface area contributed by atoms with Gasteiger partial charge in [0.2, 0.25) is 0 Å². The first-order chi connectivity index (χ1) is 4.76. The van der Waals surface area contributed by atoms with E-state index in [1.165, 1.54) is 0 Å². The van der Waals surface area contributed by atoms with Crippen molar-refractivity contribution in [1.29, 1.82) is 0 Å². The van der Waals surface area contributed by atoms with Crippen LogP contribution in [0.1, 0.15) is 6.42 Å². The van der Waals surface area contributed by atoms with Gasteiger partial charge in [0.1, 0.15) is 6.29 Å². The number of hydrogen-bond donors (Lipinski definition) is 3. The molecule has 0 unspecified atom stereocenters. The Bertz CT molecular complexity index is 93.7. The average Bonchev–Trinajstić information content (AvgIpc) is 1.99. The number of aldehydes is 1. The maximum absolute atomic E-state index is 10.1. The molecule has 0 radical (unpaired) electrons. The average molecular weight is 148 g/mol. The van der Waals surface area contributed by atoms with Gasteiger partial charge in [-0.3, -0.25) is 0 Å². The number of aliphatic hydroxyl groups is 3. The summed E-state index contributed by atoms with van der Waals surface area (Å²) in [6, 6.07) is 0. The molecule has 0 heterocycles. The minimum atomic E-state index is -1.04. The lowest BCUT2D eigenvalue weighted by molar-refractivity contribution is -0.115. The zero-order valence-electron chi connectivity index (χ0n) is 5.60. The van der Waals surface area contributed by atoms with Gasteiger partial charge < -0.3 is 20.1 Å². The molecule has 0 rings (SSSR count). The highest BCUT2D eigenvalue weighted by atomic mass is 16.3. The van der Waals surface area contributed by atoms with E-state index >= 15 is 0 Å². The van der Waals surface area contributed by atoms with Crippen LogP contribution in [0.5, 0.6) is 0 Å². The molecule has 0 spiro atoms. The quantitative estimate of drug-likeness (QED) is 0.416. The summed E-state index contributed by atoms with van der Waals surface area (Å²) in [5.74, 6) is -0.644. The molecular formula is C6H12O4. The van der Waals surface area contributed by atoms with E-state index in [1.807, 2.05) is 0 Å². The highest BCUT2D eigenvalue weighted by Crippen LogP contribution is 2.04. The molecule has 3 N–H and O–H groups in total. The van der Waals surface area contributed by atoms with Crippen molar-refractivity contribution in [3.8, 4) is 0 Å². The third-order valence-electron chi connectivity index (χ3n) is 1.32. The molecule has 0 aliphatic heterocycles. The molecule has 0 bridgehead atoms. The second kappa shape index (κ2) is 5.34. The molecule has 0 saturated carbocycles. The standard InChI is InChI=1S/C6H12O4/c7-2-1-5(3-8)6(10)4-9/h3,5-7,9-10H,1-2,4H2/t5-,6+/m1/s1. The lowest BCUT2D eigenvalue weighted by atomic mass is 10.0. The van der Waals surface area contributed by atoms with Crippen molar-refractivity contribution in [2.45, 2.75) is 12.5 Å². The zero-order chi connectivity index (χ0) is 7.98. The number of carbonyl (C=O) groups excluding carboxylic acids is 1. The molecule has 0 aromatic heterocycles. The first-order valence-corrected chi connectivity index (χ1v) is 3.11. The maximum Gasteiger partial charge on any atom is 0.125 e. The topological polar surface area (TPSA) is 77.8 Å². The molecular weight excluding hydrogens is 136 g/mol. The van der Waals surface area contributed by atoms with Gasteiger partial charge in [-0.1, -0.05) is 0 Å². The van der Waals surface area contributed by atoms with E-state index in [0.29, 0.717) is 6.29 Å². The molecule has 0 saturated heterocycles. The van der Waals surface area contributed by atoms with Gasteiger partial charge in [0.15, 0.2) is 0 Å². The van der Waals surface area contributed by atoms with E-state index in [0.717, 1.165) is 0 Å². The Kier molecular flexibility index (Phi) is 5.10. The van der Waals surface area contributed by atoms with E-state index in [2.05, 4.69) is 0 Å². The van der Waals surface area contributed by atoms with Crippen LogP contribution in [0.3, 0.4) is 0 Å². The fourth-order valence-corrected chi connectivity index (χ4v) is 0.636. The van der Waals surface area contributed by atoms with Crippen LogP contribution in [0.2, 0.25) is 0 Å². The third kappa shape index (κ3) is 2.91. The van der Waals surface area contributed by atoms with E-state index in [4.69, 9.17) is 15.3 Å². The molecule has 2 atom stereocenters. The van der Waals surface area contributed by atoms with Crippen LogP contribution in [-0.2, 0) is 4.79 Å². The summed E-state index contributed by atoms with van der Waals surface area (Å²) in [6.45, 7) is -0.593. The summed E-state index contributed by atoms with van der Waals surface area (Å²) in [7, 11) is 0. The summed E-state index contributed by atoms with van der Waals surface area (Å²) in [4.78, 5) is 10.1. The van der Waals surface area contributed by atoms with Gasteiger partial charge in [0.25, 0.3) is 0 Å². The van der Waals surface area contributed by atoms with Crippen molar-refractivity contribution in [1.82, 2.24) is 0 Å². The lowest BCUT2D eigenvalue weighted by Gasteiger charge is -2.12. The fraction of sp³-hybridized carbons (Fsp3) is 0.833. The van der Waals surface area contributed by atoms with Crippen molar-refractivity contribution in [2.24, 2.45) is 5.92 Å². The Hall–Kier alpha value is -0.450. The Balaban J connectivity index is 3.67. The molecule has 4 heteroatoms. The number of aliphatic hydroxyl groups excluding tert-OH is 3. The van der Waals surface area contributed by atoms with Gasteiger partial charge in [0.05, 0.1) is 12.7 Å². The SMILES string of the molecule is O=C[C@@H](CCO)[C@@H](O)CO. The Morgan fingerprint density at radius 3 is 2.30 bits per heavy atom. The molecule has 0 aliphatic carbocycles. The predicted molar refractivity (Wildman–Crippen MR) is 34.3 cm³/mol. The Morgan fingerprint density at radius 2 is 2.00 bits per heavy atom. The minimum Gasteiger partial charge on any atom is -0.396 e. The fourth-order valence-electron chi connectivity index (χ4n) is 0.636. The summed E-state index contributed by atoms with van der Waals surface area (Å²) in [5.41, 5.74) is 0. The van der Waals surface area contributed by atoms with Crippen molar-refractivity contribution in [3.63, 3.8) is 0 Å². The summed E-state index contributed by atoms with van der Waals surface area (Å²) < 4.78 is 0. The second-order valence-electron chi connectivity index (χ2n) is 2.06. The van der Waals surface area contributed by atoms with Gasteiger partial charge in [-0.15, -0.1) is 0 Å². The molecule has 0 fully saturated rings. The van der Waals surface area contributed by atoms with Crippen LogP contribution < -0.4 is 0 Å². The van der Waals surface area contributed by atoms with Crippen LogP contribution in [0, 0.1) is 5.92 Å². The third-order valence-corrected chi connectivity index (χ3v) is 1.32. The normalized spacial score (nSPS) is 16.3. The van der Waals surface area contributed by atoms with E-state index in [1.54, 1.807) is 0 Å². The van der Waals surface area contributed by atoms with Crippen molar-refractivity contribution in [3.05, 3.63) is 0 Å². The highest BCUT2D eigenvalue weighted by molar-refractivity contribution is 5.54.